The van der Waals surface area contributed by atoms with E-state index in [2.05, 4.69) is 22.1 Å². The molecule has 1 saturated heterocycles. The van der Waals surface area contributed by atoms with Crippen molar-refractivity contribution in [2.75, 3.05) is 26.9 Å². The molecular weight excluding hydrogens is 532 g/mol. The minimum absolute atomic E-state index is 0.0441. The number of nitrogens with zero attached hydrogens (tertiary/aromatic N) is 3. The van der Waals surface area contributed by atoms with Gasteiger partial charge in [0.15, 0.2) is 5.69 Å². The summed E-state index contributed by atoms with van der Waals surface area (Å²) in [6.45, 7) is 11.4. The lowest BCUT2D eigenvalue weighted by Crippen LogP contribution is -2.59. The van der Waals surface area contributed by atoms with E-state index in [9.17, 15) is 24.6 Å². The molecule has 2 rings (SSSR count). The van der Waals surface area contributed by atoms with E-state index in [0.717, 1.165) is 56.4 Å². The second-order valence-corrected chi connectivity index (χ2v) is 12.2. The van der Waals surface area contributed by atoms with Gasteiger partial charge in [-0.1, -0.05) is 60.3 Å². The maximum absolute atomic E-state index is 14.3. The minimum Gasteiger partial charge on any atom is -0.476 e. The number of aromatic nitrogens is 1. The monoisotopic (exact) mass is 582 g/mol. The molecule has 1 fully saturated rings. The van der Waals surface area contributed by atoms with Crippen LogP contribution in [-0.4, -0.2) is 87.8 Å². The zero-order valence-corrected chi connectivity index (χ0v) is 25.9. The first-order chi connectivity index (χ1) is 19.0. The number of thiazole rings is 1. The van der Waals surface area contributed by atoms with Gasteiger partial charge in [-0.05, 0) is 44.7 Å². The van der Waals surface area contributed by atoms with Crippen LogP contribution in [0.5, 0.6) is 0 Å². The first-order valence-corrected chi connectivity index (χ1v) is 15.6. The summed E-state index contributed by atoms with van der Waals surface area (Å²) in [7, 11) is 1.95. The van der Waals surface area contributed by atoms with Crippen LogP contribution in [0.25, 0.3) is 0 Å². The van der Waals surface area contributed by atoms with Crippen LogP contribution < -0.4 is 5.32 Å². The number of carboxylic acid groups (broad SMARTS) is 1. The molecular formula is C29H50N4O6S. The summed E-state index contributed by atoms with van der Waals surface area (Å²) in [4.78, 5) is 46.7. The topological polar surface area (TPSA) is 132 Å². The molecule has 2 amide bonds. The highest BCUT2D eigenvalue weighted by atomic mass is 32.1. The Morgan fingerprint density at radius 3 is 2.52 bits per heavy atom. The standard InChI is InChI=1S/C29H50N4O6S/c1-7-9-12-15-39-18-33(23(19(3)4)16-24(34)27-30-21(17-40-27)29(37)38)28(36)25(20(5)8-2)31-26(35)22-13-10-11-14-32(22)6/h17,19-20,22-25,34H,7-16,18H2,1-6H3,(H,31,35)(H,37,38)/t20?,22?,23-,24-,25?/m1/s1. The van der Waals surface area contributed by atoms with Gasteiger partial charge in [0.2, 0.25) is 11.8 Å². The van der Waals surface area contributed by atoms with Gasteiger partial charge in [0.1, 0.15) is 23.9 Å². The third kappa shape index (κ3) is 9.78. The van der Waals surface area contributed by atoms with Gasteiger partial charge in [0.25, 0.3) is 0 Å². The van der Waals surface area contributed by atoms with Crippen molar-refractivity contribution in [3.63, 3.8) is 0 Å². The largest absolute Gasteiger partial charge is 0.476 e. The average molecular weight is 583 g/mol. The van der Waals surface area contributed by atoms with Gasteiger partial charge in [-0.25, -0.2) is 9.78 Å². The Morgan fingerprint density at radius 2 is 1.95 bits per heavy atom. The number of hydrogen-bond donors (Lipinski definition) is 3. The molecule has 10 nitrogen and oxygen atoms in total. The van der Waals surface area contributed by atoms with Crippen molar-refractivity contribution in [1.82, 2.24) is 20.1 Å². The van der Waals surface area contributed by atoms with E-state index in [4.69, 9.17) is 4.74 Å². The molecule has 40 heavy (non-hydrogen) atoms. The zero-order chi connectivity index (χ0) is 29.8. The van der Waals surface area contributed by atoms with E-state index >= 15 is 0 Å². The van der Waals surface area contributed by atoms with Gasteiger partial charge in [-0.2, -0.15) is 0 Å². The fraction of sp³-hybridized carbons (Fsp3) is 0.793. The molecule has 11 heteroatoms. The van der Waals surface area contributed by atoms with Crippen molar-refractivity contribution >= 4 is 29.1 Å². The third-order valence-corrected chi connectivity index (χ3v) is 8.86. The second-order valence-electron chi connectivity index (χ2n) is 11.4. The Bertz CT molecular complexity index is 941. The summed E-state index contributed by atoms with van der Waals surface area (Å²) >= 11 is 1.09. The van der Waals surface area contributed by atoms with Gasteiger partial charge in [-0.3, -0.25) is 14.5 Å². The molecule has 0 bridgehead atoms. The van der Waals surface area contributed by atoms with E-state index < -0.39 is 24.2 Å². The van der Waals surface area contributed by atoms with Crippen LogP contribution in [-0.2, 0) is 14.3 Å². The molecule has 2 heterocycles. The van der Waals surface area contributed by atoms with Crippen LogP contribution in [0, 0.1) is 11.8 Å². The Labute approximate surface area is 243 Å². The lowest BCUT2D eigenvalue weighted by Gasteiger charge is -2.39. The van der Waals surface area contributed by atoms with Gasteiger partial charge >= 0.3 is 5.97 Å². The van der Waals surface area contributed by atoms with Crippen molar-refractivity contribution in [3.05, 3.63) is 16.1 Å². The number of carbonyl (C=O) groups excluding carboxylic acids is 2. The number of carbonyl (C=O) groups is 3. The Hall–Kier alpha value is -2.08. The van der Waals surface area contributed by atoms with E-state index in [-0.39, 0.29) is 48.5 Å². The van der Waals surface area contributed by atoms with Crippen LogP contribution in [0.15, 0.2) is 5.38 Å². The van der Waals surface area contributed by atoms with Crippen molar-refractivity contribution in [1.29, 1.82) is 0 Å². The number of unbranched alkanes of at least 4 members (excludes halogenated alkanes) is 2. The number of likely N-dealkylation sites (N-methyl/N-ethyl adjacent to an activating group) is 1. The molecule has 228 valence electrons. The molecule has 1 aliphatic rings. The number of ether oxygens (including phenoxy) is 1. The highest BCUT2D eigenvalue weighted by molar-refractivity contribution is 7.09. The normalized spacial score (nSPS) is 19.1. The third-order valence-electron chi connectivity index (χ3n) is 7.92. The molecule has 3 N–H and O–H groups in total. The zero-order valence-electron chi connectivity index (χ0n) is 25.1. The summed E-state index contributed by atoms with van der Waals surface area (Å²) < 4.78 is 5.99. The summed E-state index contributed by atoms with van der Waals surface area (Å²) in [5.41, 5.74) is -0.112. The predicted molar refractivity (Wildman–Crippen MR) is 156 cm³/mol. The predicted octanol–water partition coefficient (Wildman–Crippen LogP) is 4.30. The quantitative estimate of drug-likeness (QED) is 0.183. The number of carboxylic acids is 1. The number of rotatable bonds is 17. The molecule has 0 aliphatic carbocycles. The summed E-state index contributed by atoms with van der Waals surface area (Å²) in [5.74, 6) is -1.66. The van der Waals surface area contributed by atoms with Crippen LogP contribution in [0.2, 0.25) is 0 Å². The Morgan fingerprint density at radius 1 is 1.23 bits per heavy atom. The fourth-order valence-electron chi connectivity index (χ4n) is 5.09. The van der Waals surface area contributed by atoms with E-state index in [0.29, 0.717) is 18.0 Å². The number of piperidine rings is 1. The summed E-state index contributed by atoms with van der Waals surface area (Å²) in [6.07, 6.45) is 5.58. The number of aliphatic hydroxyl groups excluding tert-OH is 1. The number of likely N-dealkylation sites (tertiary alicyclic amines) is 1. The number of aromatic carboxylic acids is 1. The minimum atomic E-state index is -1.15. The number of aliphatic hydroxyl groups is 1. The maximum Gasteiger partial charge on any atom is 0.355 e. The van der Waals surface area contributed by atoms with Gasteiger partial charge in [-0.15, -0.1) is 11.3 Å². The van der Waals surface area contributed by atoms with E-state index in [1.165, 1.54) is 5.38 Å². The van der Waals surface area contributed by atoms with Crippen LogP contribution in [0.3, 0.4) is 0 Å². The molecule has 1 aliphatic heterocycles. The van der Waals surface area contributed by atoms with Crippen LogP contribution >= 0.6 is 11.3 Å². The van der Waals surface area contributed by atoms with Crippen molar-refractivity contribution < 1.29 is 29.3 Å². The Kier molecular flexibility index (Phi) is 14.5. The highest BCUT2D eigenvalue weighted by Gasteiger charge is 2.38. The summed E-state index contributed by atoms with van der Waals surface area (Å²) in [6, 6.07) is -1.42. The smallest absolute Gasteiger partial charge is 0.355 e. The SMILES string of the molecule is CCCCCOCN(C(=O)C(NC(=O)C1CCCCN1C)C(C)CC)[C@H](C[C@@H](O)c1nc(C(=O)O)cs1)C(C)C. The lowest BCUT2D eigenvalue weighted by molar-refractivity contribution is -0.149. The van der Waals surface area contributed by atoms with Gasteiger partial charge in [0, 0.05) is 24.4 Å². The van der Waals surface area contributed by atoms with Gasteiger partial charge in [0.05, 0.1) is 6.04 Å². The first kappa shape index (κ1) is 34.1. The molecule has 0 spiro atoms. The van der Waals surface area contributed by atoms with Crippen molar-refractivity contribution in [2.45, 2.75) is 110 Å². The molecule has 5 atom stereocenters. The first-order valence-electron chi connectivity index (χ1n) is 14.8. The molecule has 3 unspecified atom stereocenters. The van der Waals surface area contributed by atoms with E-state index in [1.807, 2.05) is 34.7 Å². The second kappa shape index (κ2) is 17.0. The maximum atomic E-state index is 14.3. The number of nitrogens with one attached hydrogen (secondary N) is 1. The Balaban J connectivity index is 2.32. The van der Waals surface area contributed by atoms with Crippen molar-refractivity contribution in [2.24, 2.45) is 11.8 Å². The van der Waals surface area contributed by atoms with Crippen LogP contribution in [0.1, 0.15) is 108 Å². The summed E-state index contributed by atoms with van der Waals surface area (Å²) in [5, 5.41) is 25.1. The highest BCUT2D eigenvalue weighted by Crippen LogP contribution is 2.29. The van der Waals surface area contributed by atoms with Crippen molar-refractivity contribution in [3.8, 4) is 0 Å². The number of amides is 2. The number of hydrogen-bond acceptors (Lipinski definition) is 8. The molecule has 1 aromatic heterocycles. The fourth-order valence-corrected chi connectivity index (χ4v) is 5.88. The average Bonchev–Trinajstić information content (AvgIpc) is 3.43. The molecule has 0 saturated carbocycles. The van der Waals surface area contributed by atoms with E-state index in [1.54, 1.807) is 4.90 Å². The van der Waals surface area contributed by atoms with Crippen LogP contribution in [0.4, 0.5) is 0 Å². The molecule has 0 aromatic carbocycles. The molecule has 1 aromatic rings. The van der Waals surface area contributed by atoms with Gasteiger partial charge < -0.3 is 25.2 Å². The molecule has 0 radical (unpaired) electrons. The lowest BCUT2D eigenvalue weighted by atomic mass is 9.92.